The molecule has 1 heterocycles. The predicted molar refractivity (Wildman–Crippen MR) is 108 cm³/mol. The molecule has 1 aromatic heterocycles. The van der Waals surface area contributed by atoms with Gasteiger partial charge in [0.05, 0.1) is 0 Å². The van der Waals surface area contributed by atoms with Gasteiger partial charge in [-0.15, -0.1) is 10.2 Å². The number of hydrogen-bond donors (Lipinski definition) is 3. The maximum Gasteiger partial charge on any atom is 0.315 e. The van der Waals surface area contributed by atoms with Crippen LogP contribution in [0.1, 0.15) is 61.0 Å². The Morgan fingerprint density at radius 3 is 2.52 bits per heavy atom. The van der Waals surface area contributed by atoms with E-state index < -0.39 is 0 Å². The number of urea groups is 1. The molecule has 1 aromatic carbocycles. The highest BCUT2D eigenvalue weighted by molar-refractivity contribution is 7.15. The quantitative estimate of drug-likeness (QED) is 0.569. The Bertz CT molecular complexity index is 743. The summed E-state index contributed by atoms with van der Waals surface area (Å²) in [6.07, 6.45) is 4.31. The number of rotatable bonds is 9. The molecule has 0 atom stereocenters. The van der Waals surface area contributed by atoms with Crippen LogP contribution in [0.15, 0.2) is 24.3 Å². The first-order chi connectivity index (χ1) is 13.0. The van der Waals surface area contributed by atoms with Crippen molar-refractivity contribution in [2.75, 3.05) is 5.32 Å². The molecule has 2 aromatic rings. The van der Waals surface area contributed by atoms with E-state index in [1.165, 1.54) is 17.8 Å². The molecule has 0 aliphatic rings. The molecule has 3 amide bonds. The minimum absolute atomic E-state index is 0.0867. The lowest BCUT2D eigenvalue weighted by Crippen LogP contribution is -2.39. The van der Waals surface area contributed by atoms with Crippen LogP contribution in [0, 0.1) is 0 Å². The molecule has 0 saturated carbocycles. The smallest absolute Gasteiger partial charge is 0.315 e. The topological polar surface area (TPSA) is 96.0 Å². The highest BCUT2D eigenvalue weighted by atomic mass is 32.1. The Morgan fingerprint density at radius 1 is 1.11 bits per heavy atom. The Hall–Kier alpha value is -2.48. The van der Waals surface area contributed by atoms with Gasteiger partial charge in [0, 0.05) is 24.6 Å². The summed E-state index contributed by atoms with van der Waals surface area (Å²) in [5, 5.41) is 17.9. The Balaban J connectivity index is 1.83. The van der Waals surface area contributed by atoms with Crippen molar-refractivity contribution < 1.29 is 9.59 Å². The number of amides is 3. The number of aryl methyl sites for hydroxylation is 1. The molecule has 0 aliphatic heterocycles. The van der Waals surface area contributed by atoms with Gasteiger partial charge in [-0.2, -0.15) is 0 Å². The number of unbranched alkanes of at least 4 members (excludes halogenated alkanes) is 2. The largest absolute Gasteiger partial charge is 0.336 e. The van der Waals surface area contributed by atoms with Crippen molar-refractivity contribution in [3.8, 4) is 0 Å². The summed E-state index contributed by atoms with van der Waals surface area (Å²) in [6, 6.07) is 6.98. The standard InChI is InChI=1S/C19H27N5O2S/c1-4-5-6-7-16-23-24-19(27-16)22-17(25)15-10-8-14(9-11-15)12-20-18(26)21-13(2)3/h8-11,13H,4-7,12H2,1-3H3,(H2,20,21,26)(H,22,24,25). The number of nitrogens with one attached hydrogen (secondary N) is 3. The monoisotopic (exact) mass is 389 g/mol. The maximum atomic E-state index is 12.3. The highest BCUT2D eigenvalue weighted by Crippen LogP contribution is 2.18. The second-order valence-electron chi connectivity index (χ2n) is 6.59. The zero-order valence-electron chi connectivity index (χ0n) is 16.0. The third-order valence-electron chi connectivity index (χ3n) is 3.77. The van der Waals surface area contributed by atoms with Crippen molar-refractivity contribution in [1.29, 1.82) is 0 Å². The highest BCUT2D eigenvalue weighted by Gasteiger charge is 2.10. The number of aromatic nitrogens is 2. The van der Waals surface area contributed by atoms with Crippen LogP contribution in [-0.4, -0.2) is 28.2 Å². The SMILES string of the molecule is CCCCCc1nnc(NC(=O)c2ccc(CNC(=O)NC(C)C)cc2)s1. The summed E-state index contributed by atoms with van der Waals surface area (Å²) in [7, 11) is 0. The van der Waals surface area contributed by atoms with Gasteiger partial charge in [0.2, 0.25) is 5.13 Å². The summed E-state index contributed by atoms with van der Waals surface area (Å²) in [5.74, 6) is -0.219. The van der Waals surface area contributed by atoms with E-state index in [0.29, 0.717) is 17.2 Å². The van der Waals surface area contributed by atoms with E-state index in [1.807, 2.05) is 26.0 Å². The number of nitrogens with zero attached hydrogens (tertiary/aromatic N) is 2. The molecule has 0 fully saturated rings. The van der Waals surface area contributed by atoms with E-state index in [0.717, 1.165) is 29.8 Å². The van der Waals surface area contributed by atoms with Crippen molar-refractivity contribution in [2.24, 2.45) is 0 Å². The summed E-state index contributed by atoms with van der Waals surface area (Å²) in [4.78, 5) is 23.9. The van der Waals surface area contributed by atoms with Crippen LogP contribution >= 0.6 is 11.3 Å². The number of carbonyl (C=O) groups excluding carboxylic acids is 2. The van der Waals surface area contributed by atoms with Gasteiger partial charge in [-0.25, -0.2) is 4.79 Å². The zero-order chi connectivity index (χ0) is 19.6. The van der Waals surface area contributed by atoms with Crippen LogP contribution in [0.3, 0.4) is 0 Å². The van der Waals surface area contributed by atoms with Crippen LogP contribution in [0.4, 0.5) is 9.93 Å². The number of anilines is 1. The van der Waals surface area contributed by atoms with E-state index >= 15 is 0 Å². The molecule has 0 unspecified atom stereocenters. The fraction of sp³-hybridized carbons (Fsp3) is 0.474. The average Bonchev–Trinajstić information content (AvgIpc) is 3.07. The molecular formula is C19H27N5O2S. The van der Waals surface area contributed by atoms with E-state index in [1.54, 1.807) is 12.1 Å². The predicted octanol–water partition coefficient (Wildman–Crippen LogP) is 3.73. The van der Waals surface area contributed by atoms with Crippen LogP contribution < -0.4 is 16.0 Å². The van der Waals surface area contributed by atoms with Gasteiger partial charge >= 0.3 is 6.03 Å². The molecule has 0 spiro atoms. The van der Waals surface area contributed by atoms with Gasteiger partial charge in [-0.3, -0.25) is 10.1 Å². The van der Waals surface area contributed by atoms with Gasteiger partial charge < -0.3 is 10.6 Å². The van der Waals surface area contributed by atoms with Crippen molar-refractivity contribution >= 4 is 28.4 Å². The van der Waals surface area contributed by atoms with Gasteiger partial charge in [-0.1, -0.05) is 43.2 Å². The van der Waals surface area contributed by atoms with Crippen LogP contribution in [0.25, 0.3) is 0 Å². The zero-order valence-corrected chi connectivity index (χ0v) is 16.9. The second kappa shape index (κ2) is 10.6. The van der Waals surface area contributed by atoms with Gasteiger partial charge in [0.25, 0.3) is 5.91 Å². The third-order valence-corrected chi connectivity index (χ3v) is 4.67. The van der Waals surface area contributed by atoms with Gasteiger partial charge in [0.1, 0.15) is 5.01 Å². The molecule has 0 radical (unpaired) electrons. The fourth-order valence-corrected chi connectivity index (χ4v) is 3.15. The lowest BCUT2D eigenvalue weighted by molar-refractivity contribution is 0.102. The van der Waals surface area contributed by atoms with E-state index in [2.05, 4.69) is 33.1 Å². The minimum Gasteiger partial charge on any atom is -0.336 e. The first-order valence-electron chi connectivity index (χ1n) is 9.25. The molecule has 8 heteroatoms. The molecule has 0 bridgehead atoms. The van der Waals surface area contributed by atoms with Crippen molar-refractivity contribution in [1.82, 2.24) is 20.8 Å². The second-order valence-corrected chi connectivity index (χ2v) is 7.65. The molecule has 0 aliphatic carbocycles. The number of hydrogen-bond acceptors (Lipinski definition) is 5. The first kappa shape index (κ1) is 20.8. The van der Waals surface area contributed by atoms with E-state index in [9.17, 15) is 9.59 Å². The Morgan fingerprint density at radius 2 is 1.85 bits per heavy atom. The van der Waals surface area contributed by atoms with Crippen LogP contribution in [0.5, 0.6) is 0 Å². The molecule has 146 valence electrons. The molecule has 7 nitrogen and oxygen atoms in total. The summed E-state index contributed by atoms with van der Waals surface area (Å²) < 4.78 is 0. The van der Waals surface area contributed by atoms with E-state index in [-0.39, 0.29) is 18.0 Å². The summed E-state index contributed by atoms with van der Waals surface area (Å²) in [6.45, 7) is 6.36. The maximum absolute atomic E-state index is 12.3. The first-order valence-corrected chi connectivity index (χ1v) is 10.1. The van der Waals surface area contributed by atoms with Crippen LogP contribution in [0.2, 0.25) is 0 Å². The lowest BCUT2D eigenvalue weighted by atomic mass is 10.1. The average molecular weight is 390 g/mol. The van der Waals surface area contributed by atoms with E-state index in [4.69, 9.17) is 0 Å². The molecule has 27 heavy (non-hydrogen) atoms. The number of carbonyl (C=O) groups is 2. The summed E-state index contributed by atoms with van der Waals surface area (Å²) >= 11 is 1.42. The van der Waals surface area contributed by atoms with Crippen molar-refractivity contribution in [3.05, 3.63) is 40.4 Å². The molecule has 3 N–H and O–H groups in total. The normalized spacial score (nSPS) is 10.7. The van der Waals surface area contributed by atoms with Crippen molar-refractivity contribution in [3.63, 3.8) is 0 Å². The summed E-state index contributed by atoms with van der Waals surface area (Å²) in [5.41, 5.74) is 1.45. The third kappa shape index (κ3) is 7.34. The molecule has 2 rings (SSSR count). The fourth-order valence-electron chi connectivity index (χ4n) is 2.37. The Labute approximate surface area is 164 Å². The van der Waals surface area contributed by atoms with Gasteiger partial charge in [-0.05, 0) is 38.0 Å². The number of benzene rings is 1. The van der Waals surface area contributed by atoms with Crippen LogP contribution in [-0.2, 0) is 13.0 Å². The minimum atomic E-state index is -0.219. The lowest BCUT2D eigenvalue weighted by Gasteiger charge is -2.10. The van der Waals surface area contributed by atoms with Gasteiger partial charge in [0.15, 0.2) is 0 Å². The Kier molecular flexibility index (Phi) is 8.19. The van der Waals surface area contributed by atoms with Crippen molar-refractivity contribution in [2.45, 2.75) is 59.0 Å². The molecular weight excluding hydrogens is 362 g/mol. The molecule has 0 saturated heterocycles.